The topological polar surface area (TPSA) is 3.24 Å². The highest BCUT2D eigenvalue weighted by Gasteiger charge is 2.40. The molecule has 0 aromatic rings. The van der Waals surface area contributed by atoms with Gasteiger partial charge in [-0.1, -0.05) is 13.8 Å². The zero-order chi connectivity index (χ0) is 8.70. The Balaban J connectivity index is 2.82. The van der Waals surface area contributed by atoms with Crippen molar-refractivity contribution in [2.75, 3.05) is 6.54 Å². The van der Waals surface area contributed by atoms with Crippen LogP contribution in [-0.4, -0.2) is 37.3 Å². The highest BCUT2D eigenvalue weighted by atomic mass is 24.4. The number of nitrogens with zero attached hydrogens (tertiary/aromatic N) is 1. The number of hydrogen-bond donors (Lipinski definition) is 0. The summed E-state index contributed by atoms with van der Waals surface area (Å²) in [4.78, 5) is 0. The molecule has 0 amide bonds. The zero-order valence-electron chi connectivity index (χ0n) is 8.28. The van der Waals surface area contributed by atoms with Gasteiger partial charge in [0.1, 0.15) is 0 Å². The van der Waals surface area contributed by atoms with E-state index in [1.807, 2.05) is 22.0 Å². The van der Waals surface area contributed by atoms with Crippen molar-refractivity contribution in [1.29, 1.82) is 0 Å². The van der Waals surface area contributed by atoms with Crippen molar-refractivity contribution in [2.45, 2.75) is 46.1 Å². The second kappa shape index (κ2) is 2.89. The normalized spacial score (nSPS) is 30.1. The molecular formula is C9H18MgN. The van der Waals surface area contributed by atoms with Gasteiger partial charge < -0.3 is 3.22 Å². The van der Waals surface area contributed by atoms with Crippen molar-refractivity contribution in [2.24, 2.45) is 5.41 Å². The molecule has 1 nitrogen and oxygen atoms in total. The van der Waals surface area contributed by atoms with Crippen LogP contribution >= 0.6 is 0 Å². The molecule has 1 saturated heterocycles. The maximum Gasteiger partial charge on any atom is 0.351 e. The van der Waals surface area contributed by atoms with Crippen LogP contribution in [0.5, 0.6) is 0 Å². The number of hydrogen-bond acceptors (Lipinski definition) is 1. The van der Waals surface area contributed by atoms with E-state index in [4.69, 9.17) is 0 Å². The van der Waals surface area contributed by atoms with Gasteiger partial charge in [0.15, 0.2) is 0 Å². The fourth-order valence-electron chi connectivity index (χ4n) is 1.73. The monoisotopic (exact) mass is 164 g/mol. The van der Waals surface area contributed by atoms with Crippen LogP contribution in [0.1, 0.15) is 40.5 Å². The van der Waals surface area contributed by atoms with Gasteiger partial charge in [-0.15, -0.1) is 0 Å². The van der Waals surface area contributed by atoms with Crippen LogP contribution in [0.25, 0.3) is 0 Å². The standard InChI is InChI=1S/C9H18N.Mg/c1-8(2)6-5-7-10-9(8,3)4;/h5-7H2,1-4H3;/q-1;+1. The average Bonchev–Trinajstić information content (AvgIpc) is 1.84. The SMILES string of the molecule is CC1(C)CCC[N]([Mg])C1(C)C. The van der Waals surface area contributed by atoms with Crippen LogP contribution in [0.2, 0.25) is 0 Å². The lowest BCUT2D eigenvalue weighted by molar-refractivity contribution is 0.0292. The zero-order valence-corrected chi connectivity index (χ0v) is 9.69. The fraction of sp³-hybridized carbons (Fsp3) is 1.00. The van der Waals surface area contributed by atoms with E-state index in [9.17, 15) is 0 Å². The molecule has 1 aliphatic heterocycles. The first kappa shape index (κ1) is 9.81. The highest BCUT2D eigenvalue weighted by molar-refractivity contribution is 6.05. The molecule has 0 aromatic carbocycles. The first-order chi connectivity index (χ1) is 4.88. The summed E-state index contributed by atoms with van der Waals surface area (Å²) in [5.41, 5.74) is 0.858. The highest BCUT2D eigenvalue weighted by Crippen LogP contribution is 2.41. The van der Waals surface area contributed by atoms with Crippen LogP contribution in [0, 0.1) is 5.41 Å². The van der Waals surface area contributed by atoms with Gasteiger partial charge in [-0.05, 0) is 44.2 Å². The van der Waals surface area contributed by atoms with Crippen LogP contribution in [-0.2, 0) is 0 Å². The third-order valence-electron chi connectivity index (χ3n) is 3.68. The summed E-state index contributed by atoms with van der Waals surface area (Å²) in [6, 6.07) is 0. The minimum absolute atomic E-state index is 0.379. The first-order valence-corrected chi connectivity index (χ1v) is 5.09. The van der Waals surface area contributed by atoms with Crippen LogP contribution < -0.4 is 0 Å². The van der Waals surface area contributed by atoms with Gasteiger partial charge in [0.2, 0.25) is 0 Å². The minimum Gasteiger partial charge on any atom is -0.463 e. The Morgan fingerprint density at radius 2 is 1.73 bits per heavy atom. The molecule has 61 valence electrons. The van der Waals surface area contributed by atoms with E-state index in [-0.39, 0.29) is 0 Å². The summed E-state index contributed by atoms with van der Waals surface area (Å²) >= 11 is 2.03. The molecule has 0 N–H and O–H groups in total. The lowest BCUT2D eigenvalue weighted by Gasteiger charge is -2.55. The third kappa shape index (κ3) is 1.58. The van der Waals surface area contributed by atoms with E-state index in [0.717, 1.165) is 0 Å². The molecule has 0 saturated carbocycles. The summed E-state index contributed by atoms with van der Waals surface area (Å²) in [6.45, 7) is 10.8. The van der Waals surface area contributed by atoms with Crippen molar-refractivity contribution in [3.05, 3.63) is 0 Å². The Hall–Kier alpha value is 0.726. The summed E-state index contributed by atoms with van der Waals surface area (Å²) < 4.78 is 2.51. The molecule has 0 atom stereocenters. The fourth-order valence-corrected chi connectivity index (χ4v) is 2.38. The van der Waals surface area contributed by atoms with Gasteiger partial charge in [0.25, 0.3) is 0 Å². The third-order valence-corrected chi connectivity index (χ3v) is 4.78. The summed E-state index contributed by atoms with van der Waals surface area (Å²) in [6.07, 6.45) is 2.73. The van der Waals surface area contributed by atoms with Gasteiger partial charge in [-0.2, -0.15) is 0 Å². The molecule has 1 radical (unpaired) electrons. The van der Waals surface area contributed by atoms with E-state index < -0.39 is 0 Å². The second-order valence-corrected chi connectivity index (χ2v) is 5.57. The molecule has 2 heteroatoms. The maximum atomic E-state index is 2.51. The molecule has 0 bridgehead atoms. The van der Waals surface area contributed by atoms with Crippen molar-refractivity contribution in [3.63, 3.8) is 0 Å². The van der Waals surface area contributed by atoms with E-state index in [2.05, 4.69) is 30.9 Å². The van der Waals surface area contributed by atoms with Crippen molar-refractivity contribution in [3.8, 4) is 0 Å². The molecule has 0 spiro atoms. The van der Waals surface area contributed by atoms with E-state index in [0.29, 0.717) is 11.0 Å². The maximum absolute atomic E-state index is 2.51. The molecule has 1 aliphatic rings. The number of rotatable bonds is 0. The van der Waals surface area contributed by atoms with Gasteiger partial charge in [-0.25, -0.2) is 0 Å². The Bertz CT molecular complexity index is 152. The molecule has 11 heavy (non-hydrogen) atoms. The minimum atomic E-state index is 0.379. The molecule has 0 aliphatic carbocycles. The van der Waals surface area contributed by atoms with E-state index >= 15 is 0 Å². The van der Waals surface area contributed by atoms with Crippen LogP contribution in [0.4, 0.5) is 0 Å². The Morgan fingerprint density at radius 1 is 1.18 bits per heavy atom. The Labute approximate surface area is 83.3 Å². The average molecular weight is 165 g/mol. The lowest BCUT2D eigenvalue weighted by Crippen LogP contribution is -2.56. The van der Waals surface area contributed by atoms with E-state index in [1.165, 1.54) is 19.4 Å². The van der Waals surface area contributed by atoms with Gasteiger partial charge in [0.05, 0.1) is 0 Å². The molecule has 1 heterocycles. The quantitative estimate of drug-likeness (QED) is 0.495. The molecular weight excluding hydrogens is 146 g/mol. The second-order valence-electron chi connectivity index (χ2n) is 4.81. The number of piperidine rings is 1. The molecule has 0 aromatic heterocycles. The van der Waals surface area contributed by atoms with Gasteiger partial charge in [0, 0.05) is 0 Å². The van der Waals surface area contributed by atoms with Crippen molar-refractivity contribution in [1.82, 2.24) is 3.22 Å². The smallest absolute Gasteiger partial charge is 0.351 e. The van der Waals surface area contributed by atoms with E-state index in [1.54, 1.807) is 0 Å². The van der Waals surface area contributed by atoms with Gasteiger partial charge in [-0.3, -0.25) is 0 Å². The van der Waals surface area contributed by atoms with Gasteiger partial charge >= 0.3 is 22.0 Å². The van der Waals surface area contributed by atoms with Crippen LogP contribution in [0.15, 0.2) is 0 Å². The first-order valence-electron chi connectivity index (χ1n) is 4.46. The lowest BCUT2D eigenvalue weighted by atomic mass is 9.69. The predicted octanol–water partition coefficient (Wildman–Crippen LogP) is 1.97. The van der Waals surface area contributed by atoms with Crippen molar-refractivity contribution < 1.29 is 0 Å². The summed E-state index contributed by atoms with van der Waals surface area (Å²) in [7, 11) is 0. The Morgan fingerprint density at radius 3 is 2.09 bits per heavy atom. The largest absolute Gasteiger partial charge is 0.463 e. The predicted molar refractivity (Wildman–Crippen MR) is 49.6 cm³/mol. The molecule has 0 unspecified atom stereocenters. The van der Waals surface area contributed by atoms with Crippen molar-refractivity contribution >= 4 is 22.0 Å². The summed E-state index contributed by atoms with van der Waals surface area (Å²) in [5, 5.41) is 0. The van der Waals surface area contributed by atoms with Crippen LogP contribution in [0.3, 0.4) is 0 Å². The summed E-state index contributed by atoms with van der Waals surface area (Å²) in [5.74, 6) is 0. The molecule has 1 rings (SSSR count). The Kier molecular flexibility index (Phi) is 2.58. The molecule has 1 fully saturated rings.